The van der Waals surface area contributed by atoms with Gasteiger partial charge >= 0.3 is 0 Å². The van der Waals surface area contributed by atoms with Crippen molar-refractivity contribution in [2.24, 2.45) is 5.92 Å². The molecule has 8 heteroatoms. The lowest BCUT2D eigenvalue weighted by Gasteiger charge is -2.11. The highest BCUT2D eigenvalue weighted by atomic mass is 35.5. The SMILES string of the molecule is CCc1c(C(=O)NCCC2CCNC2)nnn1-c1ccc(OC(C)C)cc1.Cl. The van der Waals surface area contributed by atoms with Gasteiger partial charge in [-0.15, -0.1) is 17.5 Å². The van der Waals surface area contributed by atoms with Crippen LogP contribution in [0.25, 0.3) is 5.69 Å². The Labute approximate surface area is 172 Å². The van der Waals surface area contributed by atoms with Crippen molar-refractivity contribution < 1.29 is 9.53 Å². The quantitative estimate of drug-likeness (QED) is 0.703. The number of amides is 1. The number of aromatic nitrogens is 3. The molecular formula is C20H30ClN5O2. The molecule has 28 heavy (non-hydrogen) atoms. The zero-order valence-corrected chi connectivity index (χ0v) is 17.6. The van der Waals surface area contributed by atoms with Crippen LogP contribution >= 0.6 is 12.4 Å². The fourth-order valence-corrected chi connectivity index (χ4v) is 3.38. The standard InChI is InChI=1S/C20H29N5O2.ClH/c1-4-18-19(20(26)22-12-10-15-9-11-21-13-15)23-24-25(18)16-5-7-17(8-6-16)27-14(2)3;/h5-8,14-15,21H,4,9-13H2,1-3H3,(H,22,26);1H. The molecule has 2 aromatic rings. The summed E-state index contributed by atoms with van der Waals surface area (Å²) in [5.74, 6) is 1.31. The van der Waals surface area contributed by atoms with Gasteiger partial charge in [-0.05, 0) is 76.4 Å². The van der Waals surface area contributed by atoms with Gasteiger partial charge in [0.05, 0.1) is 17.5 Å². The van der Waals surface area contributed by atoms with Crippen LogP contribution in [-0.2, 0) is 6.42 Å². The maximum atomic E-state index is 12.6. The van der Waals surface area contributed by atoms with Gasteiger partial charge in [-0.2, -0.15) is 0 Å². The zero-order valence-electron chi connectivity index (χ0n) is 16.8. The Kier molecular flexibility index (Phi) is 8.26. The van der Waals surface area contributed by atoms with Crippen molar-refractivity contribution in [1.29, 1.82) is 0 Å². The lowest BCUT2D eigenvalue weighted by Crippen LogP contribution is -2.27. The van der Waals surface area contributed by atoms with E-state index >= 15 is 0 Å². The van der Waals surface area contributed by atoms with E-state index in [-0.39, 0.29) is 24.4 Å². The van der Waals surface area contributed by atoms with E-state index < -0.39 is 0 Å². The van der Waals surface area contributed by atoms with E-state index in [0.29, 0.717) is 24.6 Å². The number of benzene rings is 1. The van der Waals surface area contributed by atoms with Gasteiger partial charge in [0.15, 0.2) is 5.69 Å². The number of ether oxygens (including phenoxy) is 1. The first-order valence-electron chi connectivity index (χ1n) is 9.79. The van der Waals surface area contributed by atoms with Gasteiger partial charge in [0, 0.05) is 6.54 Å². The van der Waals surface area contributed by atoms with Gasteiger partial charge in [-0.25, -0.2) is 4.68 Å². The minimum atomic E-state index is -0.149. The second-order valence-corrected chi connectivity index (χ2v) is 7.21. The molecule has 1 atom stereocenters. The average molecular weight is 408 g/mol. The molecule has 2 heterocycles. The Hall–Kier alpha value is -2.12. The van der Waals surface area contributed by atoms with E-state index in [1.165, 1.54) is 6.42 Å². The minimum absolute atomic E-state index is 0. The van der Waals surface area contributed by atoms with Crippen molar-refractivity contribution in [2.75, 3.05) is 19.6 Å². The first-order chi connectivity index (χ1) is 13.1. The van der Waals surface area contributed by atoms with Crippen molar-refractivity contribution >= 4 is 18.3 Å². The predicted octanol–water partition coefficient (Wildman–Crippen LogP) is 2.77. The molecule has 1 unspecified atom stereocenters. The van der Waals surface area contributed by atoms with Gasteiger partial charge < -0.3 is 15.4 Å². The van der Waals surface area contributed by atoms with Crippen LogP contribution in [0.15, 0.2) is 24.3 Å². The lowest BCUT2D eigenvalue weighted by molar-refractivity contribution is 0.0945. The summed E-state index contributed by atoms with van der Waals surface area (Å²) in [6.07, 6.45) is 2.98. The van der Waals surface area contributed by atoms with Crippen molar-refractivity contribution in [3.63, 3.8) is 0 Å². The third-order valence-corrected chi connectivity index (χ3v) is 4.77. The van der Waals surface area contributed by atoms with Crippen LogP contribution in [0.4, 0.5) is 0 Å². The Bertz CT molecular complexity index is 754. The minimum Gasteiger partial charge on any atom is -0.491 e. The molecular weight excluding hydrogens is 378 g/mol. The van der Waals surface area contributed by atoms with Crippen LogP contribution in [0, 0.1) is 5.92 Å². The van der Waals surface area contributed by atoms with Gasteiger partial charge in [0.25, 0.3) is 5.91 Å². The van der Waals surface area contributed by atoms with Gasteiger partial charge in [0.1, 0.15) is 5.75 Å². The summed E-state index contributed by atoms with van der Waals surface area (Å²) >= 11 is 0. The Morgan fingerprint density at radius 1 is 1.36 bits per heavy atom. The summed E-state index contributed by atoms with van der Waals surface area (Å²) in [6.45, 7) is 8.79. The highest BCUT2D eigenvalue weighted by Gasteiger charge is 2.20. The molecule has 0 bridgehead atoms. The lowest BCUT2D eigenvalue weighted by atomic mass is 10.1. The van der Waals surface area contributed by atoms with Crippen LogP contribution in [-0.4, -0.2) is 46.6 Å². The van der Waals surface area contributed by atoms with Gasteiger partial charge in [0.2, 0.25) is 0 Å². The molecule has 0 aliphatic carbocycles. The molecule has 0 spiro atoms. The zero-order chi connectivity index (χ0) is 19.2. The summed E-state index contributed by atoms with van der Waals surface area (Å²) in [6, 6.07) is 7.68. The maximum absolute atomic E-state index is 12.6. The average Bonchev–Trinajstić information content (AvgIpc) is 3.31. The van der Waals surface area contributed by atoms with Crippen LogP contribution in [0.2, 0.25) is 0 Å². The number of hydrogen-bond acceptors (Lipinski definition) is 5. The van der Waals surface area contributed by atoms with Crippen molar-refractivity contribution in [1.82, 2.24) is 25.6 Å². The van der Waals surface area contributed by atoms with Crippen molar-refractivity contribution in [2.45, 2.75) is 46.1 Å². The molecule has 1 aliphatic rings. The molecule has 0 radical (unpaired) electrons. The van der Waals surface area contributed by atoms with Crippen LogP contribution in [0.5, 0.6) is 5.75 Å². The normalized spacial score (nSPS) is 16.1. The molecule has 1 aliphatic heterocycles. The largest absolute Gasteiger partial charge is 0.491 e. The summed E-state index contributed by atoms with van der Waals surface area (Å²) in [5.41, 5.74) is 2.09. The number of carbonyl (C=O) groups excluding carboxylic acids is 1. The molecule has 1 fully saturated rings. The smallest absolute Gasteiger partial charge is 0.273 e. The Morgan fingerprint density at radius 3 is 2.71 bits per heavy atom. The van der Waals surface area contributed by atoms with Crippen LogP contribution in [0.3, 0.4) is 0 Å². The van der Waals surface area contributed by atoms with Gasteiger partial charge in [-0.1, -0.05) is 12.1 Å². The van der Waals surface area contributed by atoms with E-state index in [1.54, 1.807) is 4.68 Å². The second-order valence-electron chi connectivity index (χ2n) is 7.21. The summed E-state index contributed by atoms with van der Waals surface area (Å²) in [7, 11) is 0. The Balaban J connectivity index is 0.00000280. The third-order valence-electron chi connectivity index (χ3n) is 4.77. The molecule has 1 saturated heterocycles. The topological polar surface area (TPSA) is 81.1 Å². The van der Waals surface area contributed by atoms with E-state index in [1.807, 2.05) is 45.0 Å². The number of hydrogen-bond donors (Lipinski definition) is 2. The fraction of sp³-hybridized carbons (Fsp3) is 0.550. The first kappa shape index (κ1) is 22.2. The molecule has 1 aromatic carbocycles. The van der Waals surface area contributed by atoms with Crippen molar-refractivity contribution in [3.05, 3.63) is 35.7 Å². The summed E-state index contributed by atoms with van der Waals surface area (Å²) in [4.78, 5) is 12.6. The molecule has 3 rings (SSSR count). The summed E-state index contributed by atoms with van der Waals surface area (Å²) < 4.78 is 7.41. The molecule has 1 amide bonds. The van der Waals surface area contributed by atoms with E-state index in [0.717, 1.165) is 36.6 Å². The second kappa shape index (κ2) is 10.4. The van der Waals surface area contributed by atoms with Crippen LogP contribution in [0.1, 0.15) is 49.8 Å². The highest BCUT2D eigenvalue weighted by Crippen LogP contribution is 2.19. The van der Waals surface area contributed by atoms with Gasteiger partial charge in [-0.3, -0.25) is 4.79 Å². The molecule has 7 nitrogen and oxygen atoms in total. The number of nitrogens with zero attached hydrogens (tertiary/aromatic N) is 3. The molecule has 0 saturated carbocycles. The fourth-order valence-electron chi connectivity index (χ4n) is 3.38. The van der Waals surface area contributed by atoms with E-state index in [2.05, 4.69) is 20.9 Å². The van der Waals surface area contributed by atoms with E-state index in [4.69, 9.17) is 4.74 Å². The van der Waals surface area contributed by atoms with E-state index in [9.17, 15) is 4.79 Å². The third kappa shape index (κ3) is 5.45. The van der Waals surface area contributed by atoms with Crippen molar-refractivity contribution in [3.8, 4) is 11.4 Å². The first-order valence-corrected chi connectivity index (χ1v) is 9.79. The monoisotopic (exact) mass is 407 g/mol. The predicted molar refractivity (Wildman–Crippen MR) is 112 cm³/mol. The molecule has 154 valence electrons. The number of carbonyl (C=O) groups is 1. The summed E-state index contributed by atoms with van der Waals surface area (Å²) in [5, 5.41) is 14.7. The molecule has 1 aromatic heterocycles. The van der Waals surface area contributed by atoms with Crippen LogP contribution < -0.4 is 15.4 Å². The number of halogens is 1. The number of nitrogens with one attached hydrogen (secondary N) is 2. The highest BCUT2D eigenvalue weighted by molar-refractivity contribution is 5.93. The maximum Gasteiger partial charge on any atom is 0.273 e. The Morgan fingerprint density at radius 2 is 2.11 bits per heavy atom. The molecule has 2 N–H and O–H groups in total. The number of rotatable bonds is 8.